The van der Waals surface area contributed by atoms with Crippen molar-refractivity contribution < 1.29 is 9.50 Å². The van der Waals surface area contributed by atoms with Crippen molar-refractivity contribution in [2.45, 2.75) is 59.3 Å². The Labute approximate surface area is 167 Å². The standard InChI is InChI=1S/C22H33FN4O/c1-16(2)27-18(4)22(17(3)24-27)15-25-10-11-26(21(14-25)9-12-28)13-19-5-7-20(23)8-6-19/h5-8,16,21,28H,9-15H2,1-4H3. The number of benzene rings is 1. The number of hydrogen-bond donors (Lipinski definition) is 1. The van der Waals surface area contributed by atoms with Crippen LogP contribution in [0.15, 0.2) is 24.3 Å². The van der Waals surface area contributed by atoms with Crippen LogP contribution < -0.4 is 0 Å². The number of aliphatic hydroxyl groups is 1. The lowest BCUT2D eigenvalue weighted by Crippen LogP contribution is -2.52. The molecule has 5 nitrogen and oxygen atoms in total. The number of halogens is 1. The van der Waals surface area contributed by atoms with Gasteiger partial charge in [-0.15, -0.1) is 0 Å². The molecule has 2 aromatic rings. The highest BCUT2D eigenvalue weighted by atomic mass is 19.1. The summed E-state index contributed by atoms with van der Waals surface area (Å²) in [6.07, 6.45) is 0.751. The molecule has 1 aliphatic rings. The molecule has 0 radical (unpaired) electrons. The van der Waals surface area contributed by atoms with Crippen LogP contribution in [0.2, 0.25) is 0 Å². The zero-order valence-corrected chi connectivity index (χ0v) is 17.5. The van der Waals surface area contributed by atoms with Crippen LogP contribution in [0.4, 0.5) is 4.39 Å². The maximum absolute atomic E-state index is 13.2. The predicted molar refractivity (Wildman–Crippen MR) is 110 cm³/mol. The van der Waals surface area contributed by atoms with E-state index >= 15 is 0 Å². The van der Waals surface area contributed by atoms with Gasteiger partial charge in [0.05, 0.1) is 5.69 Å². The minimum absolute atomic E-state index is 0.182. The first-order chi connectivity index (χ1) is 13.4. The summed E-state index contributed by atoms with van der Waals surface area (Å²) in [6, 6.07) is 7.40. The van der Waals surface area contributed by atoms with Crippen LogP contribution >= 0.6 is 0 Å². The third-order valence-corrected chi connectivity index (χ3v) is 5.80. The Morgan fingerprint density at radius 2 is 1.86 bits per heavy atom. The Balaban J connectivity index is 1.68. The fourth-order valence-electron chi connectivity index (χ4n) is 4.21. The fraction of sp³-hybridized carbons (Fsp3) is 0.591. The van der Waals surface area contributed by atoms with Gasteiger partial charge in [0.2, 0.25) is 0 Å². The number of piperazine rings is 1. The summed E-state index contributed by atoms with van der Waals surface area (Å²) in [5, 5.41) is 14.3. The van der Waals surface area contributed by atoms with Crippen molar-refractivity contribution in [2.24, 2.45) is 0 Å². The maximum Gasteiger partial charge on any atom is 0.123 e. The molecule has 6 heteroatoms. The van der Waals surface area contributed by atoms with Gasteiger partial charge in [-0.05, 0) is 51.8 Å². The molecular formula is C22H33FN4O. The molecule has 1 aliphatic heterocycles. The van der Waals surface area contributed by atoms with Crippen LogP contribution in [0.25, 0.3) is 0 Å². The van der Waals surface area contributed by atoms with Gasteiger partial charge in [0, 0.05) is 62.7 Å². The molecule has 3 rings (SSSR count). The molecule has 1 aromatic heterocycles. The lowest BCUT2D eigenvalue weighted by Gasteiger charge is -2.41. The highest BCUT2D eigenvalue weighted by Gasteiger charge is 2.28. The molecule has 1 atom stereocenters. The molecule has 0 spiro atoms. The minimum Gasteiger partial charge on any atom is -0.396 e. The van der Waals surface area contributed by atoms with Crippen molar-refractivity contribution in [3.63, 3.8) is 0 Å². The van der Waals surface area contributed by atoms with E-state index in [0.717, 1.165) is 50.4 Å². The largest absolute Gasteiger partial charge is 0.396 e. The van der Waals surface area contributed by atoms with Gasteiger partial charge in [0.1, 0.15) is 5.82 Å². The van der Waals surface area contributed by atoms with Crippen molar-refractivity contribution in [3.05, 3.63) is 52.6 Å². The summed E-state index contributed by atoms with van der Waals surface area (Å²) in [6.45, 7) is 13.3. The van der Waals surface area contributed by atoms with Crippen LogP contribution in [0, 0.1) is 19.7 Å². The summed E-state index contributed by atoms with van der Waals surface area (Å²) in [7, 11) is 0. The monoisotopic (exact) mass is 388 g/mol. The van der Waals surface area contributed by atoms with Crippen molar-refractivity contribution in [3.8, 4) is 0 Å². The van der Waals surface area contributed by atoms with Gasteiger partial charge >= 0.3 is 0 Å². The smallest absolute Gasteiger partial charge is 0.123 e. The van der Waals surface area contributed by atoms with Crippen molar-refractivity contribution in [1.29, 1.82) is 0 Å². The van der Waals surface area contributed by atoms with Gasteiger partial charge in [0.25, 0.3) is 0 Å². The van der Waals surface area contributed by atoms with E-state index in [1.807, 2.05) is 12.1 Å². The highest BCUT2D eigenvalue weighted by Crippen LogP contribution is 2.22. The predicted octanol–water partition coefficient (Wildman–Crippen LogP) is 3.29. The number of aryl methyl sites for hydroxylation is 1. The third-order valence-electron chi connectivity index (χ3n) is 5.80. The number of nitrogens with zero attached hydrogens (tertiary/aromatic N) is 4. The number of rotatable bonds is 7. The lowest BCUT2D eigenvalue weighted by atomic mass is 10.1. The van der Waals surface area contributed by atoms with Gasteiger partial charge in [-0.3, -0.25) is 14.5 Å². The van der Waals surface area contributed by atoms with Gasteiger partial charge in [0.15, 0.2) is 0 Å². The molecule has 0 saturated carbocycles. The molecule has 28 heavy (non-hydrogen) atoms. The van der Waals surface area contributed by atoms with E-state index in [9.17, 15) is 9.50 Å². The van der Waals surface area contributed by atoms with Crippen LogP contribution in [0.1, 0.15) is 48.8 Å². The highest BCUT2D eigenvalue weighted by molar-refractivity contribution is 5.25. The first-order valence-electron chi connectivity index (χ1n) is 10.2. The molecular weight excluding hydrogens is 355 g/mol. The summed E-state index contributed by atoms with van der Waals surface area (Å²) in [5.74, 6) is -0.201. The Hall–Kier alpha value is -1.76. The molecule has 1 fully saturated rings. The minimum atomic E-state index is -0.201. The summed E-state index contributed by atoms with van der Waals surface area (Å²) in [4.78, 5) is 4.89. The van der Waals surface area contributed by atoms with E-state index < -0.39 is 0 Å². The van der Waals surface area contributed by atoms with E-state index in [-0.39, 0.29) is 12.4 Å². The second-order valence-electron chi connectivity index (χ2n) is 8.19. The first-order valence-corrected chi connectivity index (χ1v) is 10.2. The molecule has 1 aromatic carbocycles. The first kappa shape index (κ1) is 21.0. The topological polar surface area (TPSA) is 44.5 Å². The summed E-state index contributed by atoms with van der Waals surface area (Å²) < 4.78 is 15.3. The van der Waals surface area contributed by atoms with Gasteiger partial charge in [-0.2, -0.15) is 5.10 Å². The zero-order valence-electron chi connectivity index (χ0n) is 17.5. The molecule has 2 heterocycles. The van der Waals surface area contributed by atoms with Gasteiger partial charge in [-0.25, -0.2) is 4.39 Å². The molecule has 1 unspecified atom stereocenters. The second kappa shape index (κ2) is 9.16. The molecule has 1 saturated heterocycles. The van der Waals surface area contributed by atoms with Crippen molar-refractivity contribution >= 4 is 0 Å². The Morgan fingerprint density at radius 1 is 1.14 bits per heavy atom. The van der Waals surface area contributed by atoms with Crippen molar-refractivity contribution in [1.82, 2.24) is 19.6 Å². The number of aromatic nitrogens is 2. The molecule has 1 N–H and O–H groups in total. The third kappa shape index (κ3) is 4.80. The number of hydrogen-bond acceptors (Lipinski definition) is 4. The van der Waals surface area contributed by atoms with Crippen LogP contribution in [0.3, 0.4) is 0 Å². The average molecular weight is 389 g/mol. The lowest BCUT2D eigenvalue weighted by molar-refractivity contribution is 0.0498. The van der Waals surface area contributed by atoms with Crippen LogP contribution in [-0.2, 0) is 13.1 Å². The molecule has 0 bridgehead atoms. The zero-order chi connectivity index (χ0) is 20.3. The number of aliphatic hydroxyl groups excluding tert-OH is 1. The second-order valence-corrected chi connectivity index (χ2v) is 8.19. The van der Waals surface area contributed by atoms with Gasteiger partial charge in [-0.1, -0.05) is 12.1 Å². The molecule has 154 valence electrons. The normalized spacial score (nSPS) is 18.9. The van der Waals surface area contributed by atoms with E-state index in [1.54, 1.807) is 0 Å². The Morgan fingerprint density at radius 3 is 2.46 bits per heavy atom. The molecule has 0 amide bonds. The Kier molecular flexibility index (Phi) is 6.86. The van der Waals surface area contributed by atoms with E-state index in [4.69, 9.17) is 5.10 Å². The van der Waals surface area contributed by atoms with Crippen LogP contribution in [-0.4, -0.2) is 57.0 Å². The average Bonchev–Trinajstić information content (AvgIpc) is 2.94. The van der Waals surface area contributed by atoms with E-state index in [0.29, 0.717) is 12.1 Å². The Bertz CT molecular complexity index is 772. The molecule has 0 aliphatic carbocycles. The summed E-state index contributed by atoms with van der Waals surface area (Å²) in [5.41, 5.74) is 4.80. The fourth-order valence-corrected chi connectivity index (χ4v) is 4.21. The van der Waals surface area contributed by atoms with Crippen LogP contribution in [0.5, 0.6) is 0 Å². The maximum atomic E-state index is 13.2. The van der Waals surface area contributed by atoms with Crippen molar-refractivity contribution in [2.75, 3.05) is 26.2 Å². The van der Waals surface area contributed by atoms with E-state index in [2.05, 4.69) is 42.2 Å². The summed E-state index contributed by atoms with van der Waals surface area (Å²) >= 11 is 0. The quantitative estimate of drug-likeness (QED) is 0.791. The SMILES string of the molecule is Cc1nn(C(C)C)c(C)c1CN1CCN(Cc2ccc(F)cc2)C(CCO)C1. The van der Waals surface area contributed by atoms with E-state index in [1.165, 1.54) is 23.4 Å². The van der Waals surface area contributed by atoms with Gasteiger partial charge < -0.3 is 5.11 Å².